The molecular weight excluding hydrogens is 387 g/mol. The van der Waals surface area contributed by atoms with Crippen molar-refractivity contribution in [2.45, 2.75) is 38.8 Å². The molecule has 0 amide bonds. The molecule has 9 heteroatoms. The van der Waals surface area contributed by atoms with Gasteiger partial charge >= 0.3 is 6.18 Å². The number of unbranched alkanes of at least 4 members (excludes halogenated alkanes) is 3. The Kier molecular flexibility index (Phi) is 7.99. The van der Waals surface area contributed by atoms with E-state index in [2.05, 4.69) is 17.5 Å². The SMILES string of the molecule is CCCCCCOc1ccc(C=NNc2ccc(C(F)(F)F)cc2[N+](=O)[O-])cc1. The Morgan fingerprint density at radius 1 is 1.14 bits per heavy atom. The molecule has 0 spiro atoms. The zero-order valence-corrected chi connectivity index (χ0v) is 15.9. The first-order chi connectivity index (χ1) is 13.8. The van der Waals surface area contributed by atoms with Gasteiger partial charge < -0.3 is 4.74 Å². The third-order valence-corrected chi connectivity index (χ3v) is 4.07. The predicted octanol–water partition coefficient (Wildman–Crippen LogP) is 6.02. The number of hydrazone groups is 1. The van der Waals surface area contributed by atoms with Gasteiger partial charge in [0.05, 0.1) is 23.3 Å². The number of nitrogens with zero attached hydrogens (tertiary/aromatic N) is 2. The molecule has 0 aliphatic heterocycles. The third-order valence-electron chi connectivity index (χ3n) is 4.07. The minimum absolute atomic E-state index is 0.133. The lowest BCUT2D eigenvalue weighted by Gasteiger charge is -2.08. The van der Waals surface area contributed by atoms with Crippen molar-refractivity contribution in [1.29, 1.82) is 0 Å². The minimum atomic E-state index is -4.66. The Morgan fingerprint density at radius 3 is 2.48 bits per heavy atom. The summed E-state index contributed by atoms with van der Waals surface area (Å²) in [5.74, 6) is 0.727. The first-order valence-electron chi connectivity index (χ1n) is 9.19. The summed E-state index contributed by atoms with van der Waals surface area (Å²) in [5.41, 5.74) is 1.19. The Bertz CT molecular complexity index is 837. The summed E-state index contributed by atoms with van der Waals surface area (Å²) in [5, 5.41) is 14.9. The lowest BCUT2D eigenvalue weighted by atomic mass is 10.1. The van der Waals surface area contributed by atoms with Crippen LogP contribution >= 0.6 is 0 Å². The molecule has 0 saturated heterocycles. The molecule has 0 aliphatic rings. The molecule has 0 saturated carbocycles. The average molecular weight is 409 g/mol. The van der Waals surface area contributed by atoms with Crippen molar-refractivity contribution in [1.82, 2.24) is 0 Å². The molecule has 2 aromatic rings. The Balaban J connectivity index is 1.96. The molecule has 156 valence electrons. The van der Waals surface area contributed by atoms with Crippen molar-refractivity contribution in [3.05, 3.63) is 63.7 Å². The van der Waals surface area contributed by atoms with Crippen LogP contribution in [-0.2, 0) is 6.18 Å². The van der Waals surface area contributed by atoms with E-state index in [1.54, 1.807) is 24.3 Å². The van der Waals surface area contributed by atoms with Gasteiger partial charge in [-0.3, -0.25) is 15.5 Å². The molecule has 0 atom stereocenters. The van der Waals surface area contributed by atoms with E-state index >= 15 is 0 Å². The second-order valence-electron chi connectivity index (χ2n) is 6.33. The highest BCUT2D eigenvalue weighted by atomic mass is 19.4. The maximum absolute atomic E-state index is 12.7. The van der Waals surface area contributed by atoms with Gasteiger partial charge in [-0.1, -0.05) is 26.2 Å². The number of ether oxygens (including phenoxy) is 1. The van der Waals surface area contributed by atoms with Crippen LogP contribution in [-0.4, -0.2) is 17.7 Å². The normalized spacial score (nSPS) is 11.6. The lowest BCUT2D eigenvalue weighted by molar-refractivity contribution is -0.384. The van der Waals surface area contributed by atoms with Crippen molar-refractivity contribution in [2.24, 2.45) is 5.10 Å². The summed E-state index contributed by atoms with van der Waals surface area (Å²) < 4.78 is 43.8. The monoisotopic (exact) mass is 409 g/mol. The molecule has 0 aliphatic carbocycles. The molecule has 0 unspecified atom stereocenters. The second-order valence-corrected chi connectivity index (χ2v) is 6.33. The van der Waals surface area contributed by atoms with Crippen molar-refractivity contribution in [3.63, 3.8) is 0 Å². The molecule has 0 radical (unpaired) electrons. The number of hydrogen-bond acceptors (Lipinski definition) is 5. The highest BCUT2D eigenvalue weighted by molar-refractivity contribution is 5.80. The van der Waals surface area contributed by atoms with Gasteiger partial charge in [-0.15, -0.1) is 0 Å². The van der Waals surface area contributed by atoms with Crippen LogP contribution in [0.15, 0.2) is 47.6 Å². The fourth-order valence-electron chi connectivity index (χ4n) is 2.50. The van der Waals surface area contributed by atoms with E-state index in [1.807, 2.05) is 0 Å². The maximum atomic E-state index is 12.7. The predicted molar refractivity (Wildman–Crippen MR) is 105 cm³/mol. The minimum Gasteiger partial charge on any atom is -0.494 e. The van der Waals surface area contributed by atoms with Gasteiger partial charge in [-0.25, -0.2) is 0 Å². The van der Waals surface area contributed by atoms with Gasteiger partial charge in [0.2, 0.25) is 0 Å². The highest BCUT2D eigenvalue weighted by Crippen LogP contribution is 2.34. The average Bonchev–Trinajstić information content (AvgIpc) is 2.68. The van der Waals surface area contributed by atoms with E-state index in [4.69, 9.17) is 4.74 Å². The number of nitro groups is 1. The molecule has 0 bridgehead atoms. The van der Waals surface area contributed by atoms with Gasteiger partial charge in [-0.05, 0) is 48.4 Å². The van der Waals surface area contributed by atoms with Gasteiger partial charge in [0.25, 0.3) is 5.69 Å². The summed E-state index contributed by atoms with van der Waals surface area (Å²) in [7, 11) is 0. The number of benzene rings is 2. The summed E-state index contributed by atoms with van der Waals surface area (Å²) in [6, 6.07) is 9.29. The summed E-state index contributed by atoms with van der Waals surface area (Å²) >= 11 is 0. The van der Waals surface area contributed by atoms with Crippen LogP contribution < -0.4 is 10.2 Å². The van der Waals surface area contributed by atoms with Crippen molar-refractivity contribution in [2.75, 3.05) is 12.0 Å². The number of halogens is 3. The lowest BCUT2D eigenvalue weighted by Crippen LogP contribution is -2.06. The number of nitrogens with one attached hydrogen (secondary N) is 1. The quantitative estimate of drug-likeness (QED) is 0.225. The molecule has 29 heavy (non-hydrogen) atoms. The number of rotatable bonds is 10. The van der Waals surface area contributed by atoms with E-state index in [0.717, 1.165) is 37.1 Å². The van der Waals surface area contributed by atoms with Gasteiger partial charge in [0, 0.05) is 6.07 Å². The van der Waals surface area contributed by atoms with Gasteiger partial charge in [0.15, 0.2) is 0 Å². The fraction of sp³-hybridized carbons (Fsp3) is 0.350. The van der Waals surface area contributed by atoms with Crippen LogP contribution in [0.4, 0.5) is 24.5 Å². The molecule has 6 nitrogen and oxygen atoms in total. The van der Waals surface area contributed by atoms with Crippen LogP contribution in [0.1, 0.15) is 43.7 Å². The number of nitro benzene ring substituents is 1. The fourth-order valence-corrected chi connectivity index (χ4v) is 2.50. The molecular formula is C20H22F3N3O3. The number of hydrogen-bond donors (Lipinski definition) is 1. The largest absolute Gasteiger partial charge is 0.494 e. The zero-order valence-electron chi connectivity index (χ0n) is 15.9. The molecule has 0 aromatic heterocycles. The van der Waals surface area contributed by atoms with Crippen LogP contribution in [0.25, 0.3) is 0 Å². The standard InChI is InChI=1S/C20H22F3N3O3/c1-2-3-4-5-12-29-17-9-6-15(7-10-17)14-24-25-18-11-8-16(20(21,22)23)13-19(18)26(27)28/h6-11,13-14,25H,2-5,12H2,1H3. The molecule has 0 heterocycles. The summed E-state index contributed by atoms with van der Waals surface area (Å²) in [6.45, 7) is 2.79. The number of alkyl halides is 3. The van der Waals surface area contributed by atoms with Crippen LogP contribution in [0.3, 0.4) is 0 Å². The van der Waals surface area contributed by atoms with Gasteiger partial charge in [0.1, 0.15) is 11.4 Å². The van der Waals surface area contributed by atoms with Crippen LogP contribution in [0.2, 0.25) is 0 Å². The maximum Gasteiger partial charge on any atom is 0.416 e. The first-order valence-corrected chi connectivity index (χ1v) is 9.19. The van der Waals surface area contributed by atoms with Crippen molar-refractivity contribution < 1.29 is 22.8 Å². The summed E-state index contributed by atoms with van der Waals surface area (Å²) in [6.07, 6.45) is 1.22. The van der Waals surface area contributed by atoms with Crippen molar-refractivity contribution >= 4 is 17.6 Å². The smallest absolute Gasteiger partial charge is 0.416 e. The van der Waals surface area contributed by atoms with E-state index < -0.39 is 22.4 Å². The Morgan fingerprint density at radius 2 is 1.86 bits per heavy atom. The molecule has 1 N–H and O–H groups in total. The Labute approximate surface area is 166 Å². The molecule has 2 aromatic carbocycles. The molecule has 2 rings (SSSR count). The first kappa shape index (κ1) is 22.2. The van der Waals surface area contributed by atoms with E-state index in [1.165, 1.54) is 12.6 Å². The molecule has 0 fully saturated rings. The van der Waals surface area contributed by atoms with E-state index in [-0.39, 0.29) is 5.69 Å². The highest BCUT2D eigenvalue weighted by Gasteiger charge is 2.33. The van der Waals surface area contributed by atoms with Gasteiger partial charge in [-0.2, -0.15) is 18.3 Å². The zero-order chi connectivity index (χ0) is 21.3. The van der Waals surface area contributed by atoms with Crippen LogP contribution in [0.5, 0.6) is 5.75 Å². The number of anilines is 1. The van der Waals surface area contributed by atoms with E-state index in [0.29, 0.717) is 18.2 Å². The van der Waals surface area contributed by atoms with E-state index in [9.17, 15) is 23.3 Å². The third kappa shape index (κ3) is 7.10. The van der Waals surface area contributed by atoms with Crippen molar-refractivity contribution in [3.8, 4) is 5.75 Å². The Hall–Kier alpha value is -3.10. The second kappa shape index (κ2) is 10.4. The summed E-state index contributed by atoms with van der Waals surface area (Å²) in [4.78, 5) is 10.2. The topological polar surface area (TPSA) is 76.8 Å². The van der Waals surface area contributed by atoms with Crippen LogP contribution in [0, 0.1) is 10.1 Å².